The SMILES string of the molecule is CCOc1ccc(/C(O)=C2\C(=O)C(=O)N(Cc3cccnc3)C2c2ccc(C(C)C)cc2)cc1C. The number of nitrogens with zero attached hydrogens (tertiary/aromatic N) is 2. The molecule has 180 valence electrons. The summed E-state index contributed by atoms with van der Waals surface area (Å²) in [4.78, 5) is 32.1. The molecule has 4 rings (SSSR count). The van der Waals surface area contributed by atoms with Crippen molar-refractivity contribution in [2.75, 3.05) is 6.61 Å². The van der Waals surface area contributed by atoms with E-state index in [0.29, 0.717) is 23.8 Å². The van der Waals surface area contributed by atoms with Gasteiger partial charge in [0, 0.05) is 24.5 Å². The van der Waals surface area contributed by atoms with Crippen LogP contribution in [-0.2, 0) is 16.1 Å². The molecule has 1 N–H and O–H groups in total. The lowest BCUT2D eigenvalue weighted by Crippen LogP contribution is -2.29. The Morgan fingerprint density at radius 1 is 1.11 bits per heavy atom. The number of amides is 1. The third-order valence-corrected chi connectivity index (χ3v) is 6.28. The van der Waals surface area contributed by atoms with Crippen LogP contribution in [0.4, 0.5) is 0 Å². The second-order valence-electron chi connectivity index (χ2n) is 9.02. The van der Waals surface area contributed by atoms with Crippen LogP contribution in [0.3, 0.4) is 0 Å². The highest BCUT2D eigenvalue weighted by Crippen LogP contribution is 2.41. The molecule has 0 radical (unpaired) electrons. The van der Waals surface area contributed by atoms with Crippen molar-refractivity contribution in [1.29, 1.82) is 0 Å². The largest absolute Gasteiger partial charge is 0.507 e. The summed E-state index contributed by atoms with van der Waals surface area (Å²) in [6.45, 7) is 8.73. The molecule has 1 unspecified atom stereocenters. The molecule has 1 aliphatic rings. The number of hydrogen-bond donors (Lipinski definition) is 1. The van der Waals surface area contributed by atoms with E-state index in [1.807, 2.05) is 44.2 Å². The molecule has 1 amide bonds. The molecule has 1 fully saturated rings. The van der Waals surface area contributed by atoms with Crippen LogP contribution in [0, 0.1) is 6.92 Å². The summed E-state index contributed by atoms with van der Waals surface area (Å²) in [5.41, 5.74) is 4.10. The number of carbonyl (C=O) groups is 2. The smallest absolute Gasteiger partial charge is 0.295 e. The molecule has 6 nitrogen and oxygen atoms in total. The Kier molecular flexibility index (Phi) is 7.01. The molecule has 35 heavy (non-hydrogen) atoms. The van der Waals surface area contributed by atoms with Gasteiger partial charge in [0.25, 0.3) is 11.7 Å². The first-order chi connectivity index (χ1) is 16.8. The number of rotatable bonds is 7. The van der Waals surface area contributed by atoms with Gasteiger partial charge in [0.1, 0.15) is 11.5 Å². The number of hydrogen-bond acceptors (Lipinski definition) is 5. The highest BCUT2D eigenvalue weighted by atomic mass is 16.5. The standard InChI is InChI=1S/C29H30N2O4/c1-5-35-24-13-12-23(15-19(24)4)27(32)25-26(22-10-8-21(9-11-22)18(2)3)31(29(34)28(25)33)17-20-7-6-14-30-16-20/h6-16,18,26,32H,5,17H2,1-4H3/b27-25+. The van der Waals surface area contributed by atoms with E-state index in [1.54, 1.807) is 36.7 Å². The lowest BCUT2D eigenvalue weighted by Gasteiger charge is -2.25. The number of benzene rings is 2. The number of aryl methyl sites for hydroxylation is 1. The van der Waals surface area contributed by atoms with E-state index in [4.69, 9.17) is 4.74 Å². The van der Waals surface area contributed by atoms with Gasteiger partial charge in [0.15, 0.2) is 0 Å². The summed E-state index contributed by atoms with van der Waals surface area (Å²) in [5, 5.41) is 11.3. The van der Waals surface area contributed by atoms with E-state index in [2.05, 4.69) is 18.8 Å². The van der Waals surface area contributed by atoms with Gasteiger partial charge in [0.05, 0.1) is 18.2 Å². The van der Waals surface area contributed by atoms with Crippen molar-refractivity contribution < 1.29 is 19.4 Å². The summed E-state index contributed by atoms with van der Waals surface area (Å²) >= 11 is 0. The van der Waals surface area contributed by atoms with Crippen molar-refractivity contribution in [3.8, 4) is 5.75 Å². The molecule has 2 aromatic carbocycles. The molecule has 3 aromatic rings. The second-order valence-corrected chi connectivity index (χ2v) is 9.02. The summed E-state index contributed by atoms with van der Waals surface area (Å²) in [7, 11) is 0. The minimum absolute atomic E-state index is 0.0831. The zero-order valence-electron chi connectivity index (χ0n) is 20.5. The zero-order valence-corrected chi connectivity index (χ0v) is 20.5. The number of likely N-dealkylation sites (tertiary alicyclic amines) is 1. The highest BCUT2D eigenvalue weighted by molar-refractivity contribution is 6.46. The molecule has 1 saturated heterocycles. The van der Waals surface area contributed by atoms with Crippen molar-refractivity contribution >= 4 is 17.4 Å². The Bertz CT molecular complexity index is 1260. The zero-order chi connectivity index (χ0) is 25.1. The molecule has 2 heterocycles. The predicted molar refractivity (Wildman–Crippen MR) is 135 cm³/mol. The predicted octanol–water partition coefficient (Wildman–Crippen LogP) is 5.53. The number of Topliss-reactive ketones (excluding diaryl/α,β-unsaturated/α-hetero) is 1. The topological polar surface area (TPSA) is 79.7 Å². The van der Waals surface area contributed by atoms with Crippen LogP contribution in [-0.4, -0.2) is 33.3 Å². The number of pyridine rings is 1. The summed E-state index contributed by atoms with van der Waals surface area (Å²) in [5.74, 6) is -0.479. The van der Waals surface area contributed by atoms with Crippen LogP contribution in [0.25, 0.3) is 5.76 Å². The van der Waals surface area contributed by atoms with Crippen LogP contribution in [0.1, 0.15) is 60.5 Å². The van der Waals surface area contributed by atoms with Gasteiger partial charge in [-0.05, 0) is 66.3 Å². The molecule has 0 aliphatic carbocycles. The average molecular weight is 471 g/mol. The summed E-state index contributed by atoms with van der Waals surface area (Å²) in [6, 6.07) is 16.1. The molecule has 1 aliphatic heterocycles. The normalized spacial score (nSPS) is 17.3. The van der Waals surface area contributed by atoms with Crippen molar-refractivity contribution in [2.24, 2.45) is 0 Å². The molecular formula is C29H30N2O4. The Hall–Kier alpha value is -3.93. The maximum absolute atomic E-state index is 13.3. The lowest BCUT2D eigenvalue weighted by molar-refractivity contribution is -0.140. The lowest BCUT2D eigenvalue weighted by atomic mass is 9.93. The monoisotopic (exact) mass is 470 g/mol. The Labute approximate surface area is 205 Å². The van der Waals surface area contributed by atoms with Gasteiger partial charge in [0.2, 0.25) is 0 Å². The molecule has 0 bridgehead atoms. The second kappa shape index (κ2) is 10.1. The molecule has 6 heteroatoms. The molecule has 0 saturated carbocycles. The minimum atomic E-state index is -0.719. The number of carbonyl (C=O) groups excluding carboxylic acids is 2. The van der Waals surface area contributed by atoms with Crippen molar-refractivity contribution in [3.63, 3.8) is 0 Å². The van der Waals surface area contributed by atoms with Gasteiger partial charge in [-0.15, -0.1) is 0 Å². The van der Waals surface area contributed by atoms with Crippen LogP contribution in [0.15, 0.2) is 72.6 Å². The molecular weight excluding hydrogens is 440 g/mol. The molecule has 1 aromatic heterocycles. The maximum atomic E-state index is 13.3. The quantitative estimate of drug-likeness (QED) is 0.279. The fraction of sp³-hybridized carbons (Fsp3) is 0.276. The Morgan fingerprint density at radius 2 is 1.86 bits per heavy atom. The van der Waals surface area contributed by atoms with Gasteiger partial charge in [-0.1, -0.05) is 44.2 Å². The van der Waals surface area contributed by atoms with E-state index in [9.17, 15) is 14.7 Å². The van der Waals surface area contributed by atoms with Gasteiger partial charge in [-0.2, -0.15) is 0 Å². The summed E-state index contributed by atoms with van der Waals surface area (Å²) in [6.07, 6.45) is 3.34. The highest BCUT2D eigenvalue weighted by Gasteiger charge is 2.46. The maximum Gasteiger partial charge on any atom is 0.295 e. The fourth-order valence-corrected chi connectivity index (χ4v) is 4.41. The van der Waals surface area contributed by atoms with Crippen LogP contribution in [0.2, 0.25) is 0 Å². The minimum Gasteiger partial charge on any atom is -0.507 e. The van der Waals surface area contributed by atoms with Crippen molar-refractivity contribution in [3.05, 3.63) is 100 Å². The number of aliphatic hydroxyl groups is 1. The third-order valence-electron chi connectivity index (χ3n) is 6.28. The van der Waals surface area contributed by atoms with E-state index >= 15 is 0 Å². The van der Waals surface area contributed by atoms with E-state index in [0.717, 1.165) is 22.3 Å². The number of aromatic nitrogens is 1. The van der Waals surface area contributed by atoms with Crippen LogP contribution in [0.5, 0.6) is 5.75 Å². The molecule has 0 spiro atoms. The Balaban J connectivity index is 1.84. The first-order valence-electron chi connectivity index (χ1n) is 11.8. The van der Waals surface area contributed by atoms with Crippen molar-refractivity contribution in [1.82, 2.24) is 9.88 Å². The number of ether oxygens (including phenoxy) is 1. The van der Waals surface area contributed by atoms with Gasteiger partial charge in [-0.25, -0.2) is 0 Å². The first kappa shape index (κ1) is 24.2. The number of ketones is 1. The fourth-order valence-electron chi connectivity index (χ4n) is 4.41. The molecule has 1 atom stereocenters. The van der Waals surface area contributed by atoms with Crippen molar-refractivity contribution in [2.45, 2.75) is 46.2 Å². The van der Waals surface area contributed by atoms with E-state index in [1.165, 1.54) is 4.90 Å². The van der Waals surface area contributed by atoms with Gasteiger partial charge < -0.3 is 14.7 Å². The van der Waals surface area contributed by atoms with Crippen LogP contribution >= 0.6 is 0 Å². The first-order valence-corrected chi connectivity index (χ1v) is 11.8. The van der Waals surface area contributed by atoms with E-state index in [-0.39, 0.29) is 17.9 Å². The average Bonchev–Trinajstić information content (AvgIpc) is 3.10. The third kappa shape index (κ3) is 4.83. The summed E-state index contributed by atoms with van der Waals surface area (Å²) < 4.78 is 5.61. The van der Waals surface area contributed by atoms with E-state index < -0.39 is 17.7 Å². The van der Waals surface area contributed by atoms with Gasteiger partial charge >= 0.3 is 0 Å². The van der Waals surface area contributed by atoms with Gasteiger partial charge in [-0.3, -0.25) is 14.6 Å². The Morgan fingerprint density at radius 3 is 2.46 bits per heavy atom. The number of aliphatic hydroxyl groups excluding tert-OH is 1. The van der Waals surface area contributed by atoms with Crippen LogP contribution < -0.4 is 4.74 Å².